The highest BCUT2D eigenvalue weighted by atomic mass is 35.5. The van der Waals surface area contributed by atoms with E-state index in [4.69, 9.17) is 11.6 Å². The van der Waals surface area contributed by atoms with Crippen molar-refractivity contribution >= 4 is 64.1 Å². The molecule has 0 radical (unpaired) electrons. The number of aliphatic hydroxyl groups is 1. The summed E-state index contributed by atoms with van der Waals surface area (Å²) < 4.78 is 69.3. The van der Waals surface area contributed by atoms with Crippen molar-refractivity contribution in [3.05, 3.63) is 140 Å². The Balaban J connectivity index is 0.867. The fourth-order valence-corrected chi connectivity index (χ4v) is 10.6. The van der Waals surface area contributed by atoms with Crippen molar-refractivity contribution in [1.82, 2.24) is 31.2 Å². The van der Waals surface area contributed by atoms with Crippen molar-refractivity contribution in [2.75, 3.05) is 18.4 Å². The summed E-state index contributed by atoms with van der Waals surface area (Å²) in [4.78, 5) is 88.1. The maximum atomic E-state index is 14.4. The van der Waals surface area contributed by atoms with Gasteiger partial charge in [0.1, 0.15) is 23.7 Å². The number of hydrogen-bond donors (Lipinski definition) is 6. The van der Waals surface area contributed by atoms with Crippen molar-refractivity contribution in [3.63, 3.8) is 0 Å². The zero-order valence-electron chi connectivity index (χ0n) is 43.1. The van der Waals surface area contributed by atoms with Crippen molar-refractivity contribution in [2.45, 2.75) is 129 Å². The monoisotopic (exact) mass is 1110 g/mol. The molecule has 2 aliphatic heterocycles. The Morgan fingerprint density at radius 1 is 0.857 bits per heavy atom. The van der Waals surface area contributed by atoms with Crippen LogP contribution in [0.5, 0.6) is 0 Å². The third-order valence-corrected chi connectivity index (χ3v) is 15.0. The number of carbonyl (C=O) groups excluding carboxylic acids is 6. The molecule has 0 bridgehead atoms. The predicted molar refractivity (Wildman–Crippen MR) is 282 cm³/mol. The Morgan fingerprint density at radius 2 is 1.53 bits per heavy atom. The van der Waals surface area contributed by atoms with Gasteiger partial charge in [-0.3, -0.25) is 28.8 Å². The van der Waals surface area contributed by atoms with Crippen molar-refractivity contribution < 1.29 is 55.8 Å². The summed E-state index contributed by atoms with van der Waals surface area (Å²) in [5.74, 6) is -5.66. The smallest absolute Gasteiger partial charge is 0.391 e. The number of likely N-dealkylation sites (tertiary alicyclic amines) is 1. The van der Waals surface area contributed by atoms with Crippen LogP contribution in [-0.2, 0) is 20.6 Å². The maximum absolute atomic E-state index is 14.4. The molecule has 6 N–H and O–H groups in total. The van der Waals surface area contributed by atoms with Gasteiger partial charge in [0.25, 0.3) is 17.7 Å². The molecule has 7 rings (SSSR count). The lowest BCUT2D eigenvalue weighted by Crippen LogP contribution is -2.57. The summed E-state index contributed by atoms with van der Waals surface area (Å²) >= 11 is 7.93. The minimum atomic E-state index is -4.97. The molecule has 1 fully saturated rings. The summed E-state index contributed by atoms with van der Waals surface area (Å²) in [5, 5.41) is 24.5. The van der Waals surface area contributed by atoms with E-state index in [2.05, 4.69) is 31.6 Å². The van der Waals surface area contributed by atoms with E-state index in [1.807, 2.05) is 58.9 Å². The third kappa shape index (κ3) is 14.4. The lowest BCUT2D eigenvalue weighted by molar-refractivity contribution is -0.144. The largest absolute Gasteiger partial charge is 0.416 e. The van der Waals surface area contributed by atoms with Gasteiger partial charge < -0.3 is 36.6 Å². The number of unbranched alkanes of at least 4 members (excludes halogenated alkanes) is 6. The highest BCUT2D eigenvalue weighted by Crippen LogP contribution is 2.41. The number of fused-ring (bicyclic) bond motifs is 1. The van der Waals surface area contributed by atoms with Crippen LogP contribution in [0.1, 0.15) is 157 Å². The molecule has 1 saturated heterocycles. The van der Waals surface area contributed by atoms with Gasteiger partial charge in [-0.25, -0.2) is 13.8 Å². The molecule has 0 saturated carbocycles. The number of carbonyl (C=O) groups is 6. The number of thiazole rings is 1. The molecular formula is C56H61ClF5N7O7S. The van der Waals surface area contributed by atoms with E-state index in [1.165, 1.54) is 23.1 Å². The number of amides is 6. The lowest BCUT2D eigenvalue weighted by atomic mass is 9.85. The fraction of sp³-hybridized carbons (Fsp3) is 0.411. The molecule has 0 aliphatic carbocycles. The molecule has 5 atom stereocenters. The Hall–Kier alpha value is -6.77. The number of benzene rings is 4. The second kappa shape index (κ2) is 24.7. The number of hydrogen-bond acceptors (Lipinski definition) is 9. The van der Waals surface area contributed by atoms with Crippen LogP contribution in [0.3, 0.4) is 0 Å². The van der Waals surface area contributed by atoms with Crippen molar-refractivity contribution in [2.24, 2.45) is 5.41 Å². The first-order valence-corrected chi connectivity index (χ1v) is 26.6. The summed E-state index contributed by atoms with van der Waals surface area (Å²) in [5.41, 5.74) is 1.65. The summed E-state index contributed by atoms with van der Waals surface area (Å²) in [6.07, 6.45) is -0.552. The topological polar surface area (TPSA) is 199 Å². The number of aliphatic hydroxyl groups excluding tert-OH is 1. The van der Waals surface area contributed by atoms with Gasteiger partial charge in [0.2, 0.25) is 17.7 Å². The van der Waals surface area contributed by atoms with E-state index in [1.54, 1.807) is 16.8 Å². The van der Waals surface area contributed by atoms with E-state index in [0.717, 1.165) is 65.9 Å². The van der Waals surface area contributed by atoms with E-state index >= 15 is 0 Å². The van der Waals surface area contributed by atoms with E-state index in [-0.39, 0.29) is 76.9 Å². The summed E-state index contributed by atoms with van der Waals surface area (Å²) in [6, 6.07) is 11.7. The van der Waals surface area contributed by atoms with Crippen molar-refractivity contribution in [3.8, 4) is 10.4 Å². The SMILES string of the molecule is Cc1ncsc1-c1ccc([C@H](C)NC(=O)[C@@H]2C[C@@H](O)CN2C(=O)C(NC(=O)CCCCCCCCCNC(=O)c2cc(NC(=O)c3cc(F)cc(C(F)(F)F)c3)c3c(c2)C(=O)N[C@H]3c2cc(F)ccc2Cl)C(C)(C)C)cc1. The third-order valence-electron chi connectivity index (χ3n) is 13.7. The highest BCUT2D eigenvalue weighted by Gasteiger charge is 2.45. The van der Waals surface area contributed by atoms with E-state index in [0.29, 0.717) is 25.0 Å². The molecule has 1 aromatic heterocycles. The molecule has 21 heteroatoms. The summed E-state index contributed by atoms with van der Waals surface area (Å²) in [7, 11) is 0. The molecule has 2 aliphatic rings. The number of β-amino-alcohol motifs (C(OH)–C–C–N with tert-alkyl or cyclic N) is 1. The van der Waals surface area contributed by atoms with Crippen LogP contribution in [0.25, 0.3) is 10.4 Å². The van der Waals surface area contributed by atoms with Crippen LogP contribution in [-0.4, -0.2) is 81.7 Å². The Labute approximate surface area is 451 Å². The van der Waals surface area contributed by atoms with Crippen LogP contribution >= 0.6 is 22.9 Å². The Morgan fingerprint density at radius 3 is 2.19 bits per heavy atom. The standard InChI is InChI=1S/C56H61ClF5N7O7S/c1-30(32-14-16-33(17-15-32)48-31(2)64-29-77-48)65-53(75)44-27-39(70)28-69(44)54(76)49(55(3,4)5)67-45(71)13-11-9-7-6-8-10-12-20-63-50(72)35-23-41-46(47(68-52(41)74)40-26-37(58)18-19-42(40)57)43(24-35)66-51(73)34-21-36(56(60,61)62)25-38(59)22-34/h14-19,21-26,29-30,39,44,47,49,70H,6-13,20,27-28H2,1-5H3,(H,63,72)(H,65,75)(H,66,73)(H,67,71)(H,68,74)/t30-,39+,44-,47-,49?/m0/s1. The fourth-order valence-electron chi connectivity index (χ4n) is 9.56. The van der Waals surface area contributed by atoms with Crippen LogP contribution in [0.4, 0.5) is 27.6 Å². The second-order valence-electron chi connectivity index (χ2n) is 20.6. The van der Waals surface area contributed by atoms with Gasteiger partial charge in [0, 0.05) is 64.5 Å². The lowest BCUT2D eigenvalue weighted by Gasteiger charge is -2.35. The predicted octanol–water partition coefficient (Wildman–Crippen LogP) is 10.4. The molecule has 410 valence electrons. The first kappa shape index (κ1) is 57.9. The van der Waals surface area contributed by atoms with E-state index < -0.39 is 88.1 Å². The van der Waals surface area contributed by atoms with Crippen LogP contribution in [0, 0.1) is 24.0 Å². The number of rotatable bonds is 20. The average Bonchev–Trinajstić information content (AvgIpc) is 4.12. The minimum absolute atomic E-state index is 0.0427. The van der Waals surface area contributed by atoms with Gasteiger partial charge >= 0.3 is 6.18 Å². The number of nitrogens with zero attached hydrogens (tertiary/aromatic N) is 2. The normalized spacial score (nSPS) is 17.1. The molecule has 6 amide bonds. The molecule has 5 aromatic rings. The number of anilines is 1. The zero-order chi connectivity index (χ0) is 55.9. The molecular weight excluding hydrogens is 1050 g/mol. The number of nitrogens with one attached hydrogen (secondary N) is 5. The van der Waals surface area contributed by atoms with Gasteiger partial charge in [-0.2, -0.15) is 13.2 Å². The molecule has 4 aromatic carbocycles. The van der Waals surface area contributed by atoms with Gasteiger partial charge in [-0.15, -0.1) is 11.3 Å². The number of aryl methyl sites for hydroxylation is 1. The first-order chi connectivity index (χ1) is 36.4. The highest BCUT2D eigenvalue weighted by molar-refractivity contribution is 7.13. The average molecular weight is 1110 g/mol. The minimum Gasteiger partial charge on any atom is -0.391 e. The zero-order valence-corrected chi connectivity index (χ0v) is 44.7. The van der Waals surface area contributed by atoms with Gasteiger partial charge in [0.05, 0.1) is 39.8 Å². The number of alkyl halides is 3. The summed E-state index contributed by atoms with van der Waals surface area (Å²) in [6.45, 7) is 9.48. The van der Waals surface area contributed by atoms with Crippen LogP contribution in [0.15, 0.2) is 78.3 Å². The number of halogens is 6. The van der Waals surface area contributed by atoms with Crippen LogP contribution < -0.4 is 26.6 Å². The quantitative estimate of drug-likeness (QED) is 0.0327. The molecule has 1 unspecified atom stereocenters. The maximum Gasteiger partial charge on any atom is 0.416 e. The van der Waals surface area contributed by atoms with Gasteiger partial charge in [-0.05, 0) is 91.8 Å². The Bertz CT molecular complexity index is 3020. The van der Waals surface area contributed by atoms with E-state index in [9.17, 15) is 55.8 Å². The molecule has 14 nitrogen and oxygen atoms in total. The van der Waals surface area contributed by atoms with Gasteiger partial charge in [0.15, 0.2) is 0 Å². The second-order valence-corrected chi connectivity index (χ2v) is 21.9. The number of aromatic nitrogens is 1. The van der Waals surface area contributed by atoms with Crippen LogP contribution in [0.2, 0.25) is 5.02 Å². The van der Waals surface area contributed by atoms with Gasteiger partial charge in [-0.1, -0.05) is 88.7 Å². The first-order valence-electron chi connectivity index (χ1n) is 25.4. The molecule has 77 heavy (non-hydrogen) atoms. The molecule has 3 heterocycles. The molecule has 0 spiro atoms. The van der Waals surface area contributed by atoms with Crippen molar-refractivity contribution in [1.29, 1.82) is 0 Å². The Kier molecular flexibility index (Phi) is 18.6.